The molecule has 0 aliphatic carbocycles. The molecule has 2 atom stereocenters. The van der Waals surface area contributed by atoms with Gasteiger partial charge < -0.3 is 26.2 Å². The minimum absolute atomic E-state index is 0.344. The van der Waals surface area contributed by atoms with Gasteiger partial charge in [-0.2, -0.15) is 0 Å². The molecular weight excluding hydrogens is 230 g/mol. The lowest BCUT2D eigenvalue weighted by atomic mass is 10.2. The van der Waals surface area contributed by atoms with Gasteiger partial charge in [0, 0.05) is 6.54 Å². The van der Waals surface area contributed by atoms with Gasteiger partial charge in [-0.1, -0.05) is 0 Å². The number of nitrogens with two attached hydrogens (primary N) is 1. The van der Waals surface area contributed by atoms with Gasteiger partial charge in [-0.15, -0.1) is 0 Å². The Bertz CT molecular complexity index is 333. The Balaban J connectivity index is 2.63. The second-order valence-electron chi connectivity index (χ2n) is 3.78. The van der Waals surface area contributed by atoms with E-state index in [1.807, 2.05) is 0 Å². The number of primary amides is 1. The first kappa shape index (κ1) is 13.2. The Labute approximate surface area is 97.4 Å². The molecule has 2 unspecified atom stereocenters. The van der Waals surface area contributed by atoms with Crippen molar-refractivity contribution in [2.75, 3.05) is 13.2 Å². The molecule has 1 heterocycles. The molecule has 96 valence electrons. The summed E-state index contributed by atoms with van der Waals surface area (Å²) in [4.78, 5) is 34.5. The van der Waals surface area contributed by atoms with Crippen LogP contribution in [0.5, 0.6) is 0 Å². The molecule has 0 spiro atoms. The molecule has 3 amide bonds. The van der Waals surface area contributed by atoms with E-state index in [1.165, 1.54) is 4.90 Å². The number of carbonyl (C=O) groups is 3. The van der Waals surface area contributed by atoms with Crippen LogP contribution in [0.2, 0.25) is 0 Å². The SMILES string of the molecule is NC(=O)C1CCCN1C(=O)NC(CO)C(=O)O. The number of nitrogens with one attached hydrogen (secondary N) is 1. The van der Waals surface area contributed by atoms with Crippen LogP contribution in [0.15, 0.2) is 0 Å². The molecule has 0 aromatic carbocycles. The molecule has 5 N–H and O–H groups in total. The number of aliphatic hydroxyl groups excluding tert-OH is 1. The fourth-order valence-electron chi connectivity index (χ4n) is 1.72. The largest absolute Gasteiger partial charge is 0.480 e. The van der Waals surface area contributed by atoms with Crippen LogP contribution in [0.1, 0.15) is 12.8 Å². The van der Waals surface area contributed by atoms with Gasteiger partial charge >= 0.3 is 12.0 Å². The minimum Gasteiger partial charge on any atom is -0.480 e. The fraction of sp³-hybridized carbons (Fsp3) is 0.667. The molecule has 0 aromatic heterocycles. The lowest BCUT2D eigenvalue weighted by Crippen LogP contribution is -2.53. The van der Waals surface area contributed by atoms with E-state index in [-0.39, 0.29) is 0 Å². The molecule has 0 bridgehead atoms. The minimum atomic E-state index is -1.38. The van der Waals surface area contributed by atoms with Gasteiger partial charge in [0.05, 0.1) is 6.61 Å². The van der Waals surface area contributed by atoms with E-state index in [4.69, 9.17) is 15.9 Å². The maximum absolute atomic E-state index is 11.7. The molecule has 0 saturated carbocycles. The smallest absolute Gasteiger partial charge is 0.328 e. The normalized spacial score (nSPS) is 21.0. The number of carboxylic acid groups (broad SMARTS) is 1. The zero-order chi connectivity index (χ0) is 13.0. The molecule has 1 aliphatic rings. The fourth-order valence-corrected chi connectivity index (χ4v) is 1.72. The van der Waals surface area contributed by atoms with Crippen LogP contribution in [-0.4, -0.2) is 58.3 Å². The van der Waals surface area contributed by atoms with Crippen molar-refractivity contribution in [3.63, 3.8) is 0 Å². The van der Waals surface area contributed by atoms with Crippen molar-refractivity contribution in [1.82, 2.24) is 10.2 Å². The third-order valence-electron chi connectivity index (χ3n) is 2.62. The average Bonchev–Trinajstić information content (AvgIpc) is 2.73. The summed E-state index contributed by atoms with van der Waals surface area (Å²) in [6, 6.07) is -2.78. The zero-order valence-electron chi connectivity index (χ0n) is 9.13. The van der Waals surface area contributed by atoms with Gasteiger partial charge in [0.1, 0.15) is 6.04 Å². The summed E-state index contributed by atoms with van der Waals surface area (Å²) in [7, 11) is 0. The van der Waals surface area contributed by atoms with Crippen LogP contribution in [0, 0.1) is 0 Å². The van der Waals surface area contributed by atoms with Gasteiger partial charge in [-0.25, -0.2) is 9.59 Å². The number of likely N-dealkylation sites (tertiary alicyclic amines) is 1. The lowest BCUT2D eigenvalue weighted by Gasteiger charge is -2.24. The highest BCUT2D eigenvalue weighted by molar-refractivity contribution is 5.88. The molecule has 1 saturated heterocycles. The first-order valence-corrected chi connectivity index (χ1v) is 5.17. The summed E-state index contributed by atoms with van der Waals surface area (Å²) < 4.78 is 0. The second kappa shape index (κ2) is 5.48. The number of hydrogen-bond donors (Lipinski definition) is 4. The van der Waals surface area contributed by atoms with Crippen molar-refractivity contribution in [2.45, 2.75) is 24.9 Å². The van der Waals surface area contributed by atoms with Crippen LogP contribution in [0.4, 0.5) is 4.79 Å². The van der Waals surface area contributed by atoms with E-state index >= 15 is 0 Å². The van der Waals surface area contributed by atoms with E-state index in [0.29, 0.717) is 19.4 Å². The summed E-state index contributed by atoms with van der Waals surface area (Å²) >= 11 is 0. The monoisotopic (exact) mass is 245 g/mol. The number of hydrogen-bond acceptors (Lipinski definition) is 4. The number of aliphatic carboxylic acids is 1. The van der Waals surface area contributed by atoms with Crippen molar-refractivity contribution in [3.8, 4) is 0 Å². The van der Waals surface area contributed by atoms with Crippen molar-refractivity contribution in [1.29, 1.82) is 0 Å². The third-order valence-corrected chi connectivity index (χ3v) is 2.62. The molecule has 1 aliphatic heterocycles. The van der Waals surface area contributed by atoms with Crippen LogP contribution in [-0.2, 0) is 9.59 Å². The number of amides is 3. The molecule has 1 rings (SSSR count). The van der Waals surface area contributed by atoms with Gasteiger partial charge in [-0.05, 0) is 12.8 Å². The summed E-state index contributed by atoms with van der Waals surface area (Å²) in [5, 5.41) is 19.5. The molecule has 17 heavy (non-hydrogen) atoms. The predicted molar refractivity (Wildman–Crippen MR) is 56.0 cm³/mol. The molecule has 1 fully saturated rings. The van der Waals surface area contributed by atoms with E-state index < -0.39 is 36.6 Å². The number of rotatable bonds is 4. The highest BCUT2D eigenvalue weighted by Gasteiger charge is 2.34. The highest BCUT2D eigenvalue weighted by Crippen LogP contribution is 2.16. The number of aliphatic hydroxyl groups is 1. The maximum Gasteiger partial charge on any atom is 0.328 e. The van der Waals surface area contributed by atoms with E-state index in [2.05, 4.69) is 5.32 Å². The van der Waals surface area contributed by atoms with Crippen LogP contribution in [0.25, 0.3) is 0 Å². The number of carboxylic acids is 1. The zero-order valence-corrected chi connectivity index (χ0v) is 9.13. The first-order chi connectivity index (χ1) is 7.97. The highest BCUT2D eigenvalue weighted by atomic mass is 16.4. The number of urea groups is 1. The topological polar surface area (TPSA) is 133 Å². The Kier molecular flexibility index (Phi) is 4.27. The Morgan fingerprint density at radius 1 is 1.47 bits per heavy atom. The molecular formula is C9H15N3O5. The second-order valence-corrected chi connectivity index (χ2v) is 3.78. The van der Waals surface area contributed by atoms with Gasteiger partial charge in [0.2, 0.25) is 5.91 Å². The standard InChI is InChI=1S/C9H15N3O5/c10-7(14)6-2-1-3-12(6)9(17)11-5(4-13)8(15)16/h5-6,13H,1-4H2,(H2,10,14)(H,11,17)(H,15,16). The maximum atomic E-state index is 11.7. The van der Waals surface area contributed by atoms with Gasteiger partial charge in [0.25, 0.3) is 0 Å². The summed E-state index contributed by atoms with van der Waals surface area (Å²) in [5.41, 5.74) is 5.12. The molecule has 8 heteroatoms. The summed E-state index contributed by atoms with van der Waals surface area (Å²) in [6.07, 6.45) is 1.11. The van der Waals surface area contributed by atoms with Crippen molar-refractivity contribution in [2.24, 2.45) is 5.73 Å². The van der Waals surface area contributed by atoms with Gasteiger partial charge in [-0.3, -0.25) is 4.79 Å². The molecule has 0 radical (unpaired) electrons. The lowest BCUT2D eigenvalue weighted by molar-refractivity contribution is -0.140. The third kappa shape index (κ3) is 3.06. The van der Waals surface area contributed by atoms with Crippen molar-refractivity contribution in [3.05, 3.63) is 0 Å². The van der Waals surface area contributed by atoms with E-state index in [1.54, 1.807) is 0 Å². The summed E-state index contributed by atoms with van der Waals surface area (Å²) in [6.45, 7) is -0.368. The Morgan fingerprint density at radius 2 is 2.12 bits per heavy atom. The number of carbonyl (C=O) groups excluding carboxylic acids is 2. The van der Waals surface area contributed by atoms with Crippen LogP contribution in [0.3, 0.4) is 0 Å². The van der Waals surface area contributed by atoms with Crippen molar-refractivity contribution >= 4 is 17.9 Å². The average molecular weight is 245 g/mol. The predicted octanol–water partition coefficient (Wildman–Crippen LogP) is -1.91. The quantitative estimate of drug-likeness (QED) is 0.458. The molecule has 8 nitrogen and oxygen atoms in total. The van der Waals surface area contributed by atoms with Crippen molar-refractivity contribution < 1.29 is 24.6 Å². The Hall–Kier alpha value is -1.83. The number of nitrogens with zero attached hydrogens (tertiary/aromatic N) is 1. The molecule has 0 aromatic rings. The van der Waals surface area contributed by atoms with Crippen LogP contribution < -0.4 is 11.1 Å². The van der Waals surface area contributed by atoms with Gasteiger partial charge in [0.15, 0.2) is 6.04 Å². The first-order valence-electron chi connectivity index (χ1n) is 5.17. The summed E-state index contributed by atoms with van der Waals surface area (Å²) in [5.74, 6) is -1.95. The van der Waals surface area contributed by atoms with E-state index in [0.717, 1.165) is 0 Å². The van der Waals surface area contributed by atoms with Crippen LogP contribution >= 0.6 is 0 Å². The van der Waals surface area contributed by atoms with E-state index in [9.17, 15) is 14.4 Å². The Morgan fingerprint density at radius 3 is 2.59 bits per heavy atom.